The van der Waals surface area contributed by atoms with E-state index in [1.165, 1.54) is 49.0 Å². The predicted octanol–water partition coefficient (Wildman–Crippen LogP) is 6.97. The van der Waals surface area contributed by atoms with Gasteiger partial charge in [-0.15, -0.1) is 0 Å². The highest BCUT2D eigenvalue weighted by atomic mass is 16.5. The molecule has 0 N–H and O–H groups in total. The van der Waals surface area contributed by atoms with E-state index >= 15 is 0 Å². The van der Waals surface area contributed by atoms with Crippen LogP contribution in [0.25, 0.3) is 0 Å². The first-order valence-corrected chi connectivity index (χ1v) is 10.4. The SMILES string of the molecule is COc1c(C(C)C)cc2c(c1C(C)C)CCC1C(C)(C)CCCC21C. The Kier molecular flexibility index (Phi) is 4.75. The van der Waals surface area contributed by atoms with Crippen LogP contribution in [0.4, 0.5) is 0 Å². The molecule has 2 unspecified atom stereocenters. The molecule has 2 aliphatic rings. The van der Waals surface area contributed by atoms with E-state index in [4.69, 9.17) is 4.74 Å². The van der Waals surface area contributed by atoms with Crippen LogP contribution in [0.3, 0.4) is 0 Å². The number of ether oxygens (including phenoxy) is 1. The van der Waals surface area contributed by atoms with Crippen LogP contribution >= 0.6 is 0 Å². The molecule has 140 valence electrons. The van der Waals surface area contributed by atoms with Crippen molar-refractivity contribution in [3.8, 4) is 5.75 Å². The Morgan fingerprint density at radius 2 is 1.72 bits per heavy atom. The van der Waals surface area contributed by atoms with Crippen molar-refractivity contribution in [2.24, 2.45) is 11.3 Å². The molecule has 1 aromatic rings. The first kappa shape index (κ1) is 18.8. The smallest absolute Gasteiger partial charge is 0.126 e. The molecule has 0 saturated heterocycles. The van der Waals surface area contributed by atoms with Crippen molar-refractivity contribution in [1.82, 2.24) is 0 Å². The van der Waals surface area contributed by atoms with Gasteiger partial charge >= 0.3 is 0 Å². The van der Waals surface area contributed by atoms with Crippen LogP contribution in [0.2, 0.25) is 0 Å². The lowest BCUT2D eigenvalue weighted by atomic mass is 9.50. The van der Waals surface area contributed by atoms with Gasteiger partial charge in [0.15, 0.2) is 0 Å². The van der Waals surface area contributed by atoms with Gasteiger partial charge in [-0.1, -0.05) is 61.0 Å². The molecule has 0 aromatic heterocycles. The summed E-state index contributed by atoms with van der Waals surface area (Å²) < 4.78 is 5.98. The molecule has 25 heavy (non-hydrogen) atoms. The summed E-state index contributed by atoms with van der Waals surface area (Å²) in [5, 5.41) is 0. The van der Waals surface area contributed by atoms with E-state index in [-0.39, 0.29) is 0 Å². The second-order valence-electron chi connectivity index (χ2n) is 10.1. The van der Waals surface area contributed by atoms with Gasteiger partial charge in [-0.25, -0.2) is 0 Å². The van der Waals surface area contributed by atoms with Crippen molar-refractivity contribution in [2.75, 3.05) is 7.11 Å². The highest BCUT2D eigenvalue weighted by Crippen LogP contribution is 2.59. The van der Waals surface area contributed by atoms with Gasteiger partial charge in [0.05, 0.1) is 7.11 Å². The van der Waals surface area contributed by atoms with E-state index in [2.05, 4.69) is 54.5 Å². The summed E-state index contributed by atoms with van der Waals surface area (Å²) >= 11 is 0. The van der Waals surface area contributed by atoms with Crippen LogP contribution in [0.15, 0.2) is 6.07 Å². The number of benzene rings is 1. The van der Waals surface area contributed by atoms with E-state index in [0.29, 0.717) is 22.7 Å². The van der Waals surface area contributed by atoms with Crippen molar-refractivity contribution in [3.05, 3.63) is 28.3 Å². The molecule has 2 atom stereocenters. The third kappa shape index (κ3) is 2.82. The normalized spacial score (nSPS) is 28.0. The van der Waals surface area contributed by atoms with E-state index in [0.717, 1.165) is 5.92 Å². The summed E-state index contributed by atoms with van der Waals surface area (Å²) in [6.07, 6.45) is 6.64. The minimum absolute atomic E-state index is 0.328. The Hall–Kier alpha value is -0.980. The third-order valence-corrected chi connectivity index (χ3v) is 7.39. The van der Waals surface area contributed by atoms with Crippen LogP contribution < -0.4 is 4.74 Å². The molecule has 0 aliphatic heterocycles. The largest absolute Gasteiger partial charge is 0.496 e. The second kappa shape index (κ2) is 6.32. The monoisotopic (exact) mass is 342 g/mol. The van der Waals surface area contributed by atoms with Crippen molar-refractivity contribution in [1.29, 1.82) is 0 Å². The fraction of sp³-hybridized carbons (Fsp3) is 0.750. The Morgan fingerprint density at radius 1 is 1.04 bits per heavy atom. The zero-order chi connectivity index (χ0) is 18.6. The van der Waals surface area contributed by atoms with Crippen LogP contribution in [-0.2, 0) is 11.8 Å². The highest BCUT2D eigenvalue weighted by Gasteiger charge is 2.50. The first-order valence-electron chi connectivity index (χ1n) is 10.4. The zero-order valence-electron chi connectivity index (χ0n) is 17.8. The molecule has 1 aromatic carbocycles. The van der Waals surface area contributed by atoms with Gasteiger partial charge in [0.25, 0.3) is 0 Å². The molecule has 1 nitrogen and oxygen atoms in total. The topological polar surface area (TPSA) is 9.23 Å². The van der Waals surface area contributed by atoms with E-state index in [1.807, 2.05) is 7.11 Å². The van der Waals surface area contributed by atoms with Gasteiger partial charge < -0.3 is 4.74 Å². The van der Waals surface area contributed by atoms with Crippen molar-refractivity contribution < 1.29 is 4.74 Å². The lowest BCUT2D eigenvalue weighted by molar-refractivity contribution is 0.0404. The lowest BCUT2D eigenvalue weighted by Gasteiger charge is -2.55. The summed E-state index contributed by atoms with van der Waals surface area (Å²) in [6, 6.07) is 2.54. The molecule has 0 heterocycles. The van der Waals surface area contributed by atoms with E-state index in [9.17, 15) is 0 Å². The van der Waals surface area contributed by atoms with Crippen LogP contribution in [0.1, 0.15) is 108 Å². The molecule has 1 saturated carbocycles. The lowest BCUT2D eigenvalue weighted by Crippen LogP contribution is -2.48. The highest BCUT2D eigenvalue weighted by molar-refractivity contribution is 5.56. The summed E-state index contributed by atoms with van der Waals surface area (Å²) in [6.45, 7) is 16.9. The second-order valence-corrected chi connectivity index (χ2v) is 10.1. The molecule has 0 radical (unpaired) electrons. The zero-order valence-corrected chi connectivity index (χ0v) is 17.8. The van der Waals surface area contributed by atoms with Gasteiger partial charge in [-0.2, -0.15) is 0 Å². The van der Waals surface area contributed by atoms with Gasteiger partial charge in [0.1, 0.15) is 5.75 Å². The van der Waals surface area contributed by atoms with Crippen molar-refractivity contribution in [2.45, 2.75) is 97.8 Å². The third-order valence-electron chi connectivity index (χ3n) is 7.39. The average molecular weight is 343 g/mol. The Morgan fingerprint density at radius 3 is 2.28 bits per heavy atom. The Balaban J connectivity index is 2.28. The summed E-state index contributed by atoms with van der Waals surface area (Å²) in [4.78, 5) is 0. The maximum absolute atomic E-state index is 5.98. The maximum atomic E-state index is 5.98. The van der Waals surface area contributed by atoms with Crippen LogP contribution in [-0.4, -0.2) is 7.11 Å². The molecular formula is C24H38O. The maximum Gasteiger partial charge on any atom is 0.126 e. The van der Waals surface area contributed by atoms with E-state index < -0.39 is 0 Å². The van der Waals surface area contributed by atoms with Crippen LogP contribution in [0.5, 0.6) is 5.75 Å². The number of hydrogen-bond donors (Lipinski definition) is 0. The molecular weight excluding hydrogens is 304 g/mol. The summed E-state index contributed by atoms with van der Waals surface area (Å²) in [5.74, 6) is 2.98. The predicted molar refractivity (Wildman–Crippen MR) is 108 cm³/mol. The minimum atomic E-state index is 0.328. The molecule has 0 amide bonds. The molecule has 2 aliphatic carbocycles. The summed E-state index contributed by atoms with van der Waals surface area (Å²) in [7, 11) is 1.86. The molecule has 3 rings (SSSR count). The van der Waals surface area contributed by atoms with Crippen molar-refractivity contribution >= 4 is 0 Å². The Labute approximate surface area is 155 Å². The van der Waals surface area contributed by atoms with Gasteiger partial charge in [0, 0.05) is 5.56 Å². The summed E-state index contributed by atoms with van der Waals surface area (Å²) in [5.41, 5.74) is 6.97. The van der Waals surface area contributed by atoms with Crippen molar-refractivity contribution in [3.63, 3.8) is 0 Å². The molecule has 0 spiro atoms. The fourth-order valence-corrected chi connectivity index (χ4v) is 6.23. The van der Waals surface area contributed by atoms with Crippen LogP contribution in [0, 0.1) is 11.3 Å². The molecule has 1 fully saturated rings. The Bertz CT molecular complexity index is 653. The van der Waals surface area contributed by atoms with Gasteiger partial charge in [0.2, 0.25) is 0 Å². The minimum Gasteiger partial charge on any atom is -0.496 e. The fourth-order valence-electron chi connectivity index (χ4n) is 6.23. The number of methoxy groups -OCH3 is 1. The number of rotatable bonds is 3. The van der Waals surface area contributed by atoms with E-state index in [1.54, 1.807) is 11.1 Å². The number of hydrogen-bond acceptors (Lipinski definition) is 1. The standard InChI is InChI=1S/C24H38O/c1-15(2)18-14-19-17(21(16(3)4)22(18)25-8)10-11-20-23(5,6)12-9-13-24(19,20)7/h14-16,20H,9-13H2,1-8H3. The van der Waals surface area contributed by atoms with Gasteiger partial charge in [-0.3, -0.25) is 0 Å². The molecule has 0 bridgehead atoms. The average Bonchev–Trinajstić information content (AvgIpc) is 2.51. The number of fused-ring (bicyclic) bond motifs is 3. The van der Waals surface area contributed by atoms with Gasteiger partial charge in [-0.05, 0) is 71.0 Å². The first-order chi connectivity index (χ1) is 11.6. The molecule has 1 heteroatoms. The quantitative estimate of drug-likeness (QED) is 0.576.